The number of ketones is 1. The van der Waals surface area contributed by atoms with Gasteiger partial charge in [-0.2, -0.15) is 0 Å². The van der Waals surface area contributed by atoms with E-state index in [-0.39, 0.29) is 11.8 Å². The molecule has 14 heavy (non-hydrogen) atoms. The Hall–Kier alpha value is -0.780. The van der Waals surface area contributed by atoms with Gasteiger partial charge in [0.1, 0.15) is 5.69 Å². The fraction of sp³-hybridized carbons (Fsp3) is 0.556. The van der Waals surface area contributed by atoms with Crippen molar-refractivity contribution in [3.05, 3.63) is 16.1 Å². The number of carbonyl (C=O) groups is 1. The van der Waals surface area contributed by atoms with Gasteiger partial charge in [0.15, 0.2) is 0 Å². The van der Waals surface area contributed by atoms with E-state index in [0.29, 0.717) is 18.9 Å². The molecule has 4 nitrogen and oxygen atoms in total. The molecule has 76 valence electrons. The summed E-state index contributed by atoms with van der Waals surface area (Å²) >= 11 is 1.50. The lowest BCUT2D eigenvalue weighted by Gasteiger charge is -2.21. The van der Waals surface area contributed by atoms with Gasteiger partial charge in [-0.05, 0) is 6.92 Å². The molecule has 1 N–H and O–H groups in total. The van der Waals surface area contributed by atoms with Crippen molar-refractivity contribution in [2.24, 2.45) is 0 Å². The largest absolute Gasteiger partial charge is 0.378 e. The van der Waals surface area contributed by atoms with Crippen LogP contribution in [0.5, 0.6) is 0 Å². The van der Waals surface area contributed by atoms with Crippen molar-refractivity contribution in [2.75, 3.05) is 19.8 Å². The Morgan fingerprint density at radius 1 is 1.79 bits per heavy atom. The number of hydrogen-bond acceptors (Lipinski definition) is 5. The molecule has 1 aliphatic heterocycles. The van der Waals surface area contributed by atoms with Gasteiger partial charge in [0.05, 0.1) is 24.3 Å². The topological polar surface area (TPSA) is 51.2 Å². The minimum atomic E-state index is -0.217. The molecule has 0 amide bonds. The molecule has 1 aromatic rings. The molecule has 0 aliphatic carbocycles. The molecule has 1 saturated heterocycles. The summed E-state index contributed by atoms with van der Waals surface area (Å²) in [5, 5.41) is 5.84. The Morgan fingerprint density at radius 3 is 3.21 bits per heavy atom. The monoisotopic (exact) mass is 212 g/mol. The first-order valence-electron chi connectivity index (χ1n) is 4.55. The predicted molar refractivity (Wildman–Crippen MR) is 53.8 cm³/mol. The smallest absolute Gasteiger partial charge is 0.201 e. The first-order valence-corrected chi connectivity index (χ1v) is 5.43. The highest BCUT2D eigenvalue weighted by Gasteiger charge is 2.23. The van der Waals surface area contributed by atoms with Crippen molar-refractivity contribution < 1.29 is 9.53 Å². The van der Waals surface area contributed by atoms with Crippen LogP contribution in [0.25, 0.3) is 0 Å². The molecule has 0 spiro atoms. The van der Waals surface area contributed by atoms with E-state index in [1.165, 1.54) is 11.3 Å². The van der Waals surface area contributed by atoms with Gasteiger partial charge >= 0.3 is 0 Å². The van der Waals surface area contributed by atoms with Crippen molar-refractivity contribution in [3.8, 4) is 0 Å². The zero-order valence-electron chi connectivity index (χ0n) is 7.95. The second-order valence-corrected chi connectivity index (χ2v) is 4.26. The van der Waals surface area contributed by atoms with Crippen molar-refractivity contribution in [2.45, 2.75) is 13.0 Å². The number of morpholine rings is 1. The standard InChI is InChI=1S/C9H12N2O2S/c1-6-11-8(5-14-6)9(12)7-4-13-3-2-10-7/h5,7,10H,2-4H2,1H3. The molecule has 1 fully saturated rings. The summed E-state index contributed by atoms with van der Waals surface area (Å²) in [6.45, 7) is 3.76. The lowest BCUT2D eigenvalue weighted by atomic mass is 10.1. The second-order valence-electron chi connectivity index (χ2n) is 3.20. The number of Topliss-reactive ketones (excluding diaryl/α,β-unsaturated/α-hetero) is 1. The fourth-order valence-corrected chi connectivity index (χ4v) is 1.99. The van der Waals surface area contributed by atoms with Crippen LogP contribution in [0.1, 0.15) is 15.5 Å². The van der Waals surface area contributed by atoms with Crippen LogP contribution in [-0.4, -0.2) is 36.6 Å². The summed E-state index contributed by atoms with van der Waals surface area (Å²) in [7, 11) is 0. The van der Waals surface area contributed by atoms with E-state index >= 15 is 0 Å². The van der Waals surface area contributed by atoms with E-state index in [1.54, 1.807) is 5.38 Å². The number of aryl methyl sites for hydroxylation is 1. The highest BCUT2D eigenvalue weighted by molar-refractivity contribution is 7.09. The van der Waals surface area contributed by atoms with Crippen LogP contribution in [0.15, 0.2) is 5.38 Å². The minimum Gasteiger partial charge on any atom is -0.378 e. The van der Waals surface area contributed by atoms with Gasteiger partial charge in [-0.3, -0.25) is 4.79 Å². The van der Waals surface area contributed by atoms with Crippen molar-refractivity contribution in [1.82, 2.24) is 10.3 Å². The van der Waals surface area contributed by atoms with Crippen LogP contribution in [0.2, 0.25) is 0 Å². The first kappa shape index (κ1) is 9.76. The molecule has 0 radical (unpaired) electrons. The van der Waals surface area contributed by atoms with Gasteiger partial charge in [-0.15, -0.1) is 11.3 Å². The zero-order chi connectivity index (χ0) is 9.97. The molecule has 0 aromatic carbocycles. The quantitative estimate of drug-likeness (QED) is 0.730. The van der Waals surface area contributed by atoms with E-state index < -0.39 is 0 Å². The fourth-order valence-electron chi connectivity index (χ4n) is 1.39. The van der Waals surface area contributed by atoms with E-state index in [9.17, 15) is 4.79 Å². The molecule has 1 atom stereocenters. The van der Waals surface area contributed by atoms with Crippen LogP contribution in [-0.2, 0) is 4.74 Å². The van der Waals surface area contributed by atoms with E-state index in [1.807, 2.05) is 6.92 Å². The molecular formula is C9H12N2O2S. The number of hydrogen-bond donors (Lipinski definition) is 1. The molecule has 1 aliphatic rings. The number of ether oxygens (including phenoxy) is 1. The summed E-state index contributed by atoms with van der Waals surface area (Å²) < 4.78 is 5.22. The second kappa shape index (κ2) is 4.16. The van der Waals surface area contributed by atoms with Crippen LogP contribution in [0, 0.1) is 6.92 Å². The maximum Gasteiger partial charge on any atom is 0.201 e. The molecule has 0 bridgehead atoms. The van der Waals surface area contributed by atoms with Gasteiger partial charge < -0.3 is 10.1 Å². The van der Waals surface area contributed by atoms with Gasteiger partial charge in [0.25, 0.3) is 0 Å². The number of nitrogens with one attached hydrogen (secondary N) is 1. The normalized spacial score (nSPS) is 22.2. The van der Waals surface area contributed by atoms with Gasteiger partial charge in [-0.1, -0.05) is 0 Å². The Labute approximate surface area is 86.3 Å². The van der Waals surface area contributed by atoms with Crippen LogP contribution >= 0.6 is 11.3 Å². The highest BCUT2D eigenvalue weighted by Crippen LogP contribution is 2.11. The predicted octanol–water partition coefficient (Wildman–Crippen LogP) is 0.623. The number of nitrogens with zero attached hydrogens (tertiary/aromatic N) is 1. The summed E-state index contributed by atoms with van der Waals surface area (Å²) in [5.41, 5.74) is 0.551. The number of rotatable bonds is 2. The van der Waals surface area contributed by atoms with Crippen LogP contribution < -0.4 is 5.32 Å². The van der Waals surface area contributed by atoms with Crippen molar-refractivity contribution in [3.63, 3.8) is 0 Å². The molecule has 1 unspecified atom stereocenters. The maximum absolute atomic E-state index is 11.8. The summed E-state index contributed by atoms with van der Waals surface area (Å²) in [4.78, 5) is 16.0. The van der Waals surface area contributed by atoms with Crippen LogP contribution in [0.3, 0.4) is 0 Å². The maximum atomic E-state index is 11.8. The third kappa shape index (κ3) is 2.00. The summed E-state index contributed by atoms with van der Waals surface area (Å²) in [6.07, 6.45) is 0. The van der Waals surface area contributed by atoms with E-state index in [4.69, 9.17) is 4.74 Å². The van der Waals surface area contributed by atoms with E-state index in [2.05, 4.69) is 10.3 Å². The van der Waals surface area contributed by atoms with Crippen molar-refractivity contribution >= 4 is 17.1 Å². The third-order valence-corrected chi connectivity index (χ3v) is 2.88. The molecule has 0 saturated carbocycles. The van der Waals surface area contributed by atoms with Crippen LogP contribution in [0.4, 0.5) is 0 Å². The Kier molecular flexibility index (Phi) is 2.90. The average molecular weight is 212 g/mol. The molecule has 2 rings (SSSR count). The Balaban J connectivity index is 2.07. The molecular weight excluding hydrogens is 200 g/mol. The van der Waals surface area contributed by atoms with Gasteiger partial charge in [0.2, 0.25) is 5.78 Å². The summed E-state index contributed by atoms with van der Waals surface area (Å²) in [6, 6.07) is -0.217. The molecule has 2 heterocycles. The SMILES string of the molecule is Cc1nc(C(=O)C2COCCN2)cs1. The summed E-state index contributed by atoms with van der Waals surface area (Å²) in [5.74, 6) is 0.0362. The third-order valence-electron chi connectivity index (χ3n) is 2.11. The Bertz CT molecular complexity index is 331. The number of carbonyl (C=O) groups excluding carboxylic acids is 1. The first-order chi connectivity index (χ1) is 6.77. The Morgan fingerprint density at radius 2 is 2.64 bits per heavy atom. The minimum absolute atomic E-state index is 0.0362. The lowest BCUT2D eigenvalue weighted by Crippen LogP contribution is -2.46. The molecule has 1 aromatic heterocycles. The number of aromatic nitrogens is 1. The number of thiazole rings is 1. The molecule has 5 heteroatoms. The average Bonchev–Trinajstić information content (AvgIpc) is 2.65. The highest BCUT2D eigenvalue weighted by atomic mass is 32.1. The van der Waals surface area contributed by atoms with Crippen molar-refractivity contribution in [1.29, 1.82) is 0 Å². The van der Waals surface area contributed by atoms with Gasteiger partial charge in [-0.25, -0.2) is 4.98 Å². The van der Waals surface area contributed by atoms with Gasteiger partial charge in [0, 0.05) is 11.9 Å². The lowest BCUT2D eigenvalue weighted by molar-refractivity contribution is 0.0604. The zero-order valence-corrected chi connectivity index (χ0v) is 8.76. The van der Waals surface area contributed by atoms with E-state index in [0.717, 1.165) is 11.6 Å².